The zero-order valence-electron chi connectivity index (χ0n) is 10.5. The lowest BCUT2D eigenvalue weighted by atomic mass is 10.1. The smallest absolute Gasteiger partial charge is 0.326 e. The molecule has 0 radical (unpaired) electrons. The van der Waals surface area contributed by atoms with Crippen molar-refractivity contribution in [2.24, 2.45) is 0 Å². The highest BCUT2D eigenvalue weighted by atomic mass is 32.1. The third-order valence-electron chi connectivity index (χ3n) is 2.18. The molecule has 0 amide bonds. The minimum Gasteiger partial charge on any atom is -0.465 e. The quantitative estimate of drug-likeness (QED) is 0.343. The first-order valence-corrected chi connectivity index (χ1v) is 6.45. The number of hydrogen-bond acceptors (Lipinski definition) is 7. The van der Waals surface area contributed by atoms with Gasteiger partial charge in [0.05, 0.1) is 18.1 Å². The normalized spacial score (nSPS) is 10.3. The Morgan fingerprint density at radius 3 is 2.26 bits per heavy atom. The number of hydrogen-bond donors (Lipinski definition) is 0. The van der Waals surface area contributed by atoms with Gasteiger partial charge in [-0.3, -0.25) is 19.7 Å². The Kier molecular flexibility index (Phi) is 5.43. The summed E-state index contributed by atoms with van der Waals surface area (Å²) in [6.07, 6.45) is 0. The maximum absolute atomic E-state index is 11.8. The average Bonchev–Trinajstić information content (AvgIpc) is 2.79. The van der Waals surface area contributed by atoms with Crippen molar-refractivity contribution in [3.63, 3.8) is 0 Å². The maximum Gasteiger partial charge on any atom is 0.326 e. The summed E-state index contributed by atoms with van der Waals surface area (Å²) in [4.78, 5) is 33.8. The molecule has 1 heterocycles. The summed E-state index contributed by atoms with van der Waals surface area (Å²) >= 11 is 0.951. The maximum atomic E-state index is 11.8. The van der Waals surface area contributed by atoms with Gasteiger partial charge in [0.15, 0.2) is 5.92 Å². The van der Waals surface area contributed by atoms with Crippen molar-refractivity contribution < 1.29 is 24.0 Å². The predicted molar refractivity (Wildman–Crippen MR) is 67.0 cm³/mol. The van der Waals surface area contributed by atoms with Crippen molar-refractivity contribution in [1.29, 1.82) is 0 Å². The fourth-order valence-electron chi connectivity index (χ4n) is 1.44. The van der Waals surface area contributed by atoms with Crippen molar-refractivity contribution in [2.75, 3.05) is 13.2 Å². The van der Waals surface area contributed by atoms with E-state index in [1.807, 2.05) is 0 Å². The number of thiophene rings is 1. The minimum atomic E-state index is -1.40. The molecule has 0 aliphatic rings. The third-order valence-corrected chi connectivity index (χ3v) is 3.15. The first kappa shape index (κ1) is 15.1. The first-order chi connectivity index (χ1) is 9.02. The van der Waals surface area contributed by atoms with Crippen LogP contribution < -0.4 is 0 Å². The summed E-state index contributed by atoms with van der Waals surface area (Å²) in [5.74, 6) is -3.08. The summed E-state index contributed by atoms with van der Waals surface area (Å²) in [6.45, 7) is 3.33. The molecule has 0 aromatic carbocycles. The highest BCUT2D eigenvalue weighted by Gasteiger charge is 2.37. The fourth-order valence-corrected chi connectivity index (χ4v) is 2.38. The number of carbonyl (C=O) groups excluding carboxylic acids is 2. The zero-order chi connectivity index (χ0) is 14.4. The van der Waals surface area contributed by atoms with E-state index in [0.717, 1.165) is 11.3 Å². The molecule has 0 bridgehead atoms. The van der Waals surface area contributed by atoms with Crippen LogP contribution in [0.5, 0.6) is 0 Å². The van der Waals surface area contributed by atoms with E-state index in [-0.39, 0.29) is 23.8 Å². The lowest BCUT2D eigenvalue weighted by Gasteiger charge is -2.12. The standard InChI is InChI=1S/C11H13NO6S/c1-3-17-10(13)8(11(14)18-4-2)9-7(12(15)16)5-6-19-9/h5-6,8H,3-4H2,1-2H3. The number of nitrogens with zero attached hydrogens (tertiary/aromatic N) is 1. The number of ether oxygens (including phenoxy) is 2. The van der Waals surface area contributed by atoms with Crippen molar-refractivity contribution >= 4 is 29.0 Å². The van der Waals surface area contributed by atoms with Gasteiger partial charge >= 0.3 is 11.9 Å². The molecule has 1 aromatic heterocycles. The molecule has 0 saturated carbocycles. The number of rotatable bonds is 6. The lowest BCUT2D eigenvalue weighted by Crippen LogP contribution is -2.26. The summed E-state index contributed by atoms with van der Waals surface area (Å²) in [5.41, 5.74) is -0.281. The lowest BCUT2D eigenvalue weighted by molar-refractivity contribution is -0.385. The van der Waals surface area contributed by atoms with Crippen molar-refractivity contribution in [3.8, 4) is 0 Å². The van der Waals surface area contributed by atoms with E-state index in [4.69, 9.17) is 9.47 Å². The van der Waals surface area contributed by atoms with E-state index < -0.39 is 22.8 Å². The average molecular weight is 287 g/mol. The van der Waals surface area contributed by atoms with E-state index >= 15 is 0 Å². The molecule has 0 N–H and O–H groups in total. The molecule has 0 aliphatic heterocycles. The van der Waals surface area contributed by atoms with Gasteiger partial charge in [0, 0.05) is 6.07 Å². The van der Waals surface area contributed by atoms with E-state index in [9.17, 15) is 19.7 Å². The van der Waals surface area contributed by atoms with Crippen LogP contribution in [0.4, 0.5) is 5.69 Å². The van der Waals surface area contributed by atoms with Gasteiger partial charge in [-0.1, -0.05) is 0 Å². The molecule has 8 heteroatoms. The molecule has 104 valence electrons. The summed E-state index contributed by atoms with van der Waals surface area (Å²) < 4.78 is 9.55. The van der Waals surface area contributed by atoms with Gasteiger partial charge in [0.25, 0.3) is 5.69 Å². The predicted octanol–water partition coefficient (Wildman–Crippen LogP) is 1.87. The second-order valence-corrected chi connectivity index (χ2v) is 4.31. The van der Waals surface area contributed by atoms with Gasteiger partial charge in [0.2, 0.25) is 0 Å². The second kappa shape index (κ2) is 6.83. The Labute approximate surface area is 113 Å². The Balaban J connectivity index is 3.15. The third kappa shape index (κ3) is 3.50. The SMILES string of the molecule is CCOC(=O)C(C(=O)OCC)c1sccc1[N+](=O)[O-]. The van der Waals surface area contributed by atoms with Crippen LogP contribution in [0.25, 0.3) is 0 Å². The molecule has 0 atom stereocenters. The zero-order valence-corrected chi connectivity index (χ0v) is 11.3. The Hall–Kier alpha value is -1.96. The van der Waals surface area contributed by atoms with Gasteiger partial charge in [0.1, 0.15) is 4.88 Å². The fraction of sp³-hybridized carbons (Fsp3) is 0.455. The molecular weight excluding hydrogens is 274 g/mol. The molecule has 0 aliphatic carbocycles. The Morgan fingerprint density at radius 1 is 1.32 bits per heavy atom. The van der Waals surface area contributed by atoms with Gasteiger partial charge in [-0.05, 0) is 19.2 Å². The molecule has 0 unspecified atom stereocenters. The monoisotopic (exact) mass is 287 g/mol. The summed E-state index contributed by atoms with van der Waals surface area (Å²) in [7, 11) is 0. The van der Waals surface area contributed by atoms with Crippen LogP contribution in [-0.2, 0) is 19.1 Å². The molecule has 0 spiro atoms. The van der Waals surface area contributed by atoms with Crippen molar-refractivity contribution in [3.05, 3.63) is 26.4 Å². The van der Waals surface area contributed by atoms with Crippen molar-refractivity contribution in [1.82, 2.24) is 0 Å². The minimum absolute atomic E-state index is 0.0295. The van der Waals surface area contributed by atoms with Crippen LogP contribution in [0.2, 0.25) is 0 Å². The van der Waals surface area contributed by atoms with Gasteiger partial charge in [-0.2, -0.15) is 0 Å². The highest BCUT2D eigenvalue weighted by molar-refractivity contribution is 7.10. The molecular formula is C11H13NO6S. The second-order valence-electron chi connectivity index (χ2n) is 3.36. The van der Waals surface area contributed by atoms with E-state index in [0.29, 0.717) is 0 Å². The molecule has 1 aromatic rings. The Morgan fingerprint density at radius 2 is 1.84 bits per heavy atom. The molecule has 7 nitrogen and oxygen atoms in total. The Bertz CT molecular complexity index is 465. The number of nitro groups is 1. The van der Waals surface area contributed by atoms with Gasteiger partial charge in [-0.25, -0.2) is 0 Å². The molecule has 0 saturated heterocycles. The van der Waals surface area contributed by atoms with Crippen LogP contribution in [0.3, 0.4) is 0 Å². The van der Waals surface area contributed by atoms with Crippen LogP contribution >= 0.6 is 11.3 Å². The van der Waals surface area contributed by atoms with Crippen LogP contribution in [-0.4, -0.2) is 30.1 Å². The largest absolute Gasteiger partial charge is 0.465 e. The number of esters is 2. The number of carbonyl (C=O) groups is 2. The summed E-state index contributed by atoms with van der Waals surface area (Å²) in [5, 5.41) is 12.3. The topological polar surface area (TPSA) is 95.7 Å². The van der Waals surface area contributed by atoms with E-state index in [1.165, 1.54) is 11.4 Å². The highest BCUT2D eigenvalue weighted by Crippen LogP contribution is 2.33. The van der Waals surface area contributed by atoms with Gasteiger partial charge < -0.3 is 9.47 Å². The molecule has 1 rings (SSSR count). The summed E-state index contributed by atoms with van der Waals surface area (Å²) in [6, 6.07) is 1.24. The van der Waals surface area contributed by atoms with E-state index in [2.05, 4.69) is 0 Å². The van der Waals surface area contributed by atoms with E-state index in [1.54, 1.807) is 13.8 Å². The molecule has 19 heavy (non-hydrogen) atoms. The van der Waals surface area contributed by atoms with Gasteiger partial charge in [-0.15, -0.1) is 11.3 Å². The van der Waals surface area contributed by atoms with Crippen molar-refractivity contribution in [2.45, 2.75) is 19.8 Å². The van der Waals surface area contributed by atoms with Crippen LogP contribution in [0, 0.1) is 10.1 Å². The molecule has 0 fully saturated rings. The van der Waals surface area contributed by atoms with Crippen LogP contribution in [0.15, 0.2) is 11.4 Å². The van der Waals surface area contributed by atoms with Crippen LogP contribution in [0.1, 0.15) is 24.6 Å². The first-order valence-electron chi connectivity index (χ1n) is 5.57.